The van der Waals surface area contributed by atoms with Gasteiger partial charge in [-0.3, -0.25) is 9.59 Å². The molecule has 2 aromatic rings. The third kappa shape index (κ3) is 3.91. The largest absolute Gasteiger partial charge is 0.372 e. The summed E-state index contributed by atoms with van der Waals surface area (Å²) in [6.45, 7) is 3.12. The van der Waals surface area contributed by atoms with Crippen LogP contribution in [0.3, 0.4) is 0 Å². The van der Waals surface area contributed by atoms with E-state index in [1.807, 2.05) is 0 Å². The second kappa shape index (κ2) is 6.85. The minimum Gasteiger partial charge on any atom is -0.372 e. The zero-order valence-corrected chi connectivity index (χ0v) is 12.4. The first-order valence-corrected chi connectivity index (χ1v) is 6.90. The molecule has 1 amide bonds. The highest BCUT2D eigenvalue weighted by atomic mass is 19.1. The van der Waals surface area contributed by atoms with Crippen molar-refractivity contribution in [2.45, 2.75) is 19.9 Å². The number of para-hydroxylation sites is 1. The van der Waals surface area contributed by atoms with Crippen molar-refractivity contribution in [1.29, 1.82) is 0 Å². The molecular weight excluding hydrogens is 283 g/mol. The van der Waals surface area contributed by atoms with Gasteiger partial charge in [0, 0.05) is 11.3 Å². The van der Waals surface area contributed by atoms with Gasteiger partial charge in [-0.1, -0.05) is 12.1 Å². The predicted molar refractivity (Wildman–Crippen MR) is 84.6 cm³/mol. The fourth-order valence-corrected chi connectivity index (χ4v) is 1.92. The van der Waals surface area contributed by atoms with Crippen molar-refractivity contribution in [1.82, 2.24) is 0 Å². The van der Waals surface area contributed by atoms with E-state index in [0.29, 0.717) is 11.3 Å². The van der Waals surface area contributed by atoms with Crippen LogP contribution in [0.4, 0.5) is 15.8 Å². The molecule has 0 aromatic heterocycles. The Morgan fingerprint density at radius 1 is 1.05 bits per heavy atom. The molecule has 22 heavy (non-hydrogen) atoms. The first-order chi connectivity index (χ1) is 10.5. The van der Waals surface area contributed by atoms with Crippen LogP contribution < -0.4 is 10.6 Å². The van der Waals surface area contributed by atoms with E-state index < -0.39 is 11.9 Å². The first kappa shape index (κ1) is 15.7. The molecule has 0 heterocycles. The quantitative estimate of drug-likeness (QED) is 0.831. The maximum atomic E-state index is 13.5. The van der Waals surface area contributed by atoms with Crippen LogP contribution in [0.15, 0.2) is 48.5 Å². The third-order valence-electron chi connectivity index (χ3n) is 3.20. The van der Waals surface area contributed by atoms with Gasteiger partial charge >= 0.3 is 0 Å². The van der Waals surface area contributed by atoms with Crippen LogP contribution in [-0.4, -0.2) is 17.7 Å². The Bertz CT molecular complexity index is 683. The molecule has 2 N–H and O–H groups in total. The van der Waals surface area contributed by atoms with Crippen molar-refractivity contribution in [3.63, 3.8) is 0 Å². The Labute approximate surface area is 128 Å². The van der Waals surface area contributed by atoms with Crippen molar-refractivity contribution in [3.05, 3.63) is 59.9 Å². The highest BCUT2D eigenvalue weighted by molar-refractivity contribution is 5.97. The van der Waals surface area contributed by atoms with Crippen LogP contribution in [0.5, 0.6) is 0 Å². The number of hydrogen-bond acceptors (Lipinski definition) is 3. The van der Waals surface area contributed by atoms with Crippen LogP contribution in [0.2, 0.25) is 0 Å². The predicted octanol–water partition coefficient (Wildman–Crippen LogP) is 3.47. The number of halogens is 1. The van der Waals surface area contributed by atoms with Crippen LogP contribution in [0.25, 0.3) is 0 Å². The molecule has 4 nitrogen and oxygen atoms in total. The normalized spacial score (nSPS) is 11.6. The number of amides is 1. The Balaban J connectivity index is 1.99. The molecule has 0 unspecified atom stereocenters. The molecule has 0 aliphatic carbocycles. The number of carbonyl (C=O) groups is 2. The Morgan fingerprint density at radius 2 is 1.68 bits per heavy atom. The number of carbonyl (C=O) groups excluding carboxylic acids is 2. The lowest BCUT2D eigenvalue weighted by Crippen LogP contribution is -2.32. The summed E-state index contributed by atoms with van der Waals surface area (Å²) >= 11 is 0. The summed E-state index contributed by atoms with van der Waals surface area (Å²) in [5.74, 6) is -0.737. The van der Waals surface area contributed by atoms with Crippen LogP contribution >= 0.6 is 0 Å². The topological polar surface area (TPSA) is 58.2 Å². The smallest absolute Gasteiger partial charge is 0.246 e. The summed E-state index contributed by atoms with van der Waals surface area (Å²) in [7, 11) is 0. The molecule has 1 atom stereocenters. The average molecular weight is 300 g/mol. The molecule has 0 aliphatic rings. The van der Waals surface area contributed by atoms with Crippen molar-refractivity contribution >= 4 is 23.1 Å². The summed E-state index contributed by atoms with van der Waals surface area (Å²) < 4.78 is 13.5. The maximum absolute atomic E-state index is 13.5. The molecule has 5 heteroatoms. The van der Waals surface area contributed by atoms with E-state index in [4.69, 9.17) is 0 Å². The van der Waals surface area contributed by atoms with Crippen LogP contribution in [0.1, 0.15) is 24.2 Å². The summed E-state index contributed by atoms with van der Waals surface area (Å²) in [5.41, 5.74) is 1.43. The molecule has 0 fully saturated rings. The Kier molecular flexibility index (Phi) is 4.88. The maximum Gasteiger partial charge on any atom is 0.246 e. The number of anilines is 2. The van der Waals surface area contributed by atoms with Gasteiger partial charge in [0.2, 0.25) is 5.91 Å². The number of hydrogen-bond donors (Lipinski definition) is 2. The fraction of sp³-hybridized carbons (Fsp3) is 0.176. The van der Waals surface area contributed by atoms with Gasteiger partial charge in [0.25, 0.3) is 0 Å². The molecule has 0 radical (unpaired) electrons. The van der Waals surface area contributed by atoms with Gasteiger partial charge in [-0.05, 0) is 50.2 Å². The van der Waals surface area contributed by atoms with Crippen LogP contribution in [-0.2, 0) is 4.79 Å². The van der Waals surface area contributed by atoms with Gasteiger partial charge in [0.15, 0.2) is 5.78 Å². The molecule has 0 aliphatic heterocycles. The summed E-state index contributed by atoms with van der Waals surface area (Å²) in [6, 6.07) is 12.2. The molecular formula is C17H17FN2O2. The van der Waals surface area contributed by atoms with E-state index in [-0.39, 0.29) is 17.4 Å². The van der Waals surface area contributed by atoms with Gasteiger partial charge in [0.1, 0.15) is 11.9 Å². The standard InChI is InChI=1S/C17H17FN2O2/c1-11(19-16-6-4-3-5-15(16)18)17(22)20-14-9-7-13(8-10-14)12(2)21/h3-11,19H,1-2H3,(H,20,22)/t11-/m1/s1. The highest BCUT2D eigenvalue weighted by Gasteiger charge is 2.14. The van der Waals surface area contributed by atoms with Gasteiger partial charge in [-0.2, -0.15) is 0 Å². The lowest BCUT2D eigenvalue weighted by atomic mass is 10.1. The monoisotopic (exact) mass is 300 g/mol. The summed E-state index contributed by atoms with van der Waals surface area (Å²) in [4.78, 5) is 23.3. The van der Waals surface area contributed by atoms with Crippen molar-refractivity contribution < 1.29 is 14.0 Å². The molecule has 114 valence electrons. The zero-order chi connectivity index (χ0) is 16.1. The first-order valence-electron chi connectivity index (χ1n) is 6.90. The lowest BCUT2D eigenvalue weighted by Gasteiger charge is -2.15. The highest BCUT2D eigenvalue weighted by Crippen LogP contribution is 2.15. The molecule has 2 aromatic carbocycles. The SMILES string of the molecule is CC(=O)c1ccc(NC(=O)[C@@H](C)Nc2ccccc2F)cc1. The van der Waals surface area contributed by atoms with Crippen molar-refractivity contribution in [2.24, 2.45) is 0 Å². The number of nitrogens with one attached hydrogen (secondary N) is 2. The minimum absolute atomic E-state index is 0.0348. The summed E-state index contributed by atoms with van der Waals surface area (Å²) in [6.07, 6.45) is 0. The third-order valence-corrected chi connectivity index (χ3v) is 3.20. The van der Waals surface area contributed by atoms with Crippen molar-refractivity contribution in [2.75, 3.05) is 10.6 Å². The van der Waals surface area contributed by atoms with Crippen LogP contribution in [0, 0.1) is 5.82 Å². The number of benzene rings is 2. The van der Waals surface area contributed by atoms with E-state index in [0.717, 1.165) is 0 Å². The zero-order valence-electron chi connectivity index (χ0n) is 12.4. The van der Waals surface area contributed by atoms with Gasteiger partial charge in [-0.15, -0.1) is 0 Å². The van der Waals surface area contributed by atoms with Crippen molar-refractivity contribution in [3.8, 4) is 0 Å². The van der Waals surface area contributed by atoms with E-state index >= 15 is 0 Å². The molecule has 0 spiro atoms. The van der Waals surface area contributed by atoms with E-state index in [1.165, 1.54) is 13.0 Å². The van der Waals surface area contributed by atoms with Gasteiger partial charge < -0.3 is 10.6 Å². The van der Waals surface area contributed by atoms with E-state index in [9.17, 15) is 14.0 Å². The molecule has 0 saturated carbocycles. The minimum atomic E-state index is -0.607. The second-order valence-corrected chi connectivity index (χ2v) is 4.97. The number of Topliss-reactive ketones (excluding diaryl/α,β-unsaturated/α-hetero) is 1. The van der Waals surface area contributed by atoms with E-state index in [2.05, 4.69) is 10.6 Å². The molecule has 2 rings (SSSR count). The molecule has 0 bridgehead atoms. The van der Waals surface area contributed by atoms with Gasteiger partial charge in [0.05, 0.1) is 5.69 Å². The lowest BCUT2D eigenvalue weighted by molar-refractivity contribution is -0.116. The fourth-order valence-electron chi connectivity index (χ4n) is 1.92. The Morgan fingerprint density at radius 3 is 2.27 bits per heavy atom. The average Bonchev–Trinajstić information content (AvgIpc) is 2.50. The second-order valence-electron chi connectivity index (χ2n) is 4.97. The van der Waals surface area contributed by atoms with E-state index in [1.54, 1.807) is 49.4 Å². The Hall–Kier alpha value is -2.69. The molecule has 0 saturated heterocycles. The number of rotatable bonds is 5. The van der Waals surface area contributed by atoms with Gasteiger partial charge in [-0.25, -0.2) is 4.39 Å². The summed E-state index contributed by atoms with van der Waals surface area (Å²) in [5, 5.41) is 5.53. The number of ketones is 1.